The summed E-state index contributed by atoms with van der Waals surface area (Å²) in [6.07, 6.45) is 5.37. The normalized spacial score (nSPS) is 19.3. The topological polar surface area (TPSA) is 68.8 Å². The van der Waals surface area contributed by atoms with Crippen molar-refractivity contribution in [2.75, 3.05) is 32.1 Å². The fraction of sp³-hybridized carbons (Fsp3) is 0.464. The van der Waals surface area contributed by atoms with Crippen LogP contribution < -0.4 is 10.2 Å². The van der Waals surface area contributed by atoms with E-state index in [9.17, 15) is 9.59 Å². The maximum atomic E-state index is 13.2. The maximum absolute atomic E-state index is 13.2. The van der Waals surface area contributed by atoms with Gasteiger partial charge < -0.3 is 15.1 Å². The van der Waals surface area contributed by atoms with Gasteiger partial charge in [0.1, 0.15) is 5.54 Å². The number of anilines is 1. The van der Waals surface area contributed by atoms with Gasteiger partial charge in [-0.15, -0.1) is 11.3 Å². The van der Waals surface area contributed by atoms with Crippen molar-refractivity contribution < 1.29 is 9.59 Å². The van der Waals surface area contributed by atoms with Crippen LogP contribution >= 0.6 is 11.3 Å². The molecule has 0 radical (unpaired) electrons. The summed E-state index contributed by atoms with van der Waals surface area (Å²) in [6.45, 7) is 6.67. The second-order valence-electron chi connectivity index (χ2n) is 10.5. The second kappa shape index (κ2) is 8.56. The van der Waals surface area contributed by atoms with E-state index in [1.54, 1.807) is 23.3 Å². The van der Waals surface area contributed by atoms with E-state index in [4.69, 9.17) is 0 Å². The molecule has 6 rings (SSSR count). The van der Waals surface area contributed by atoms with Crippen LogP contribution in [-0.2, 0) is 17.8 Å². The van der Waals surface area contributed by atoms with Gasteiger partial charge in [-0.2, -0.15) is 0 Å². The number of likely N-dealkylation sites (N-methyl/N-ethyl adjacent to an activating group) is 2. The molecule has 3 fully saturated rings. The molecule has 0 atom stereocenters. The number of hydrogen-bond acceptors (Lipinski definition) is 6. The number of amides is 3. The molecule has 0 unspecified atom stereocenters. The van der Waals surface area contributed by atoms with Gasteiger partial charge in [0.15, 0.2) is 0 Å². The molecule has 0 bridgehead atoms. The first-order valence-electron chi connectivity index (χ1n) is 12.9. The summed E-state index contributed by atoms with van der Waals surface area (Å²) < 4.78 is 1.10. The molecule has 1 saturated carbocycles. The van der Waals surface area contributed by atoms with E-state index in [0.717, 1.165) is 59.4 Å². The zero-order valence-corrected chi connectivity index (χ0v) is 22.2. The van der Waals surface area contributed by atoms with Gasteiger partial charge in [-0.05, 0) is 56.4 Å². The molecule has 7 nitrogen and oxygen atoms in total. The average Bonchev–Trinajstić information content (AvgIpc) is 3.29. The van der Waals surface area contributed by atoms with Crippen LogP contribution in [0.4, 0.5) is 10.5 Å². The summed E-state index contributed by atoms with van der Waals surface area (Å²) >= 11 is 1.65. The molecule has 1 spiro atoms. The second-order valence-corrected chi connectivity index (χ2v) is 11.6. The van der Waals surface area contributed by atoms with E-state index < -0.39 is 5.54 Å². The van der Waals surface area contributed by atoms with Crippen molar-refractivity contribution in [3.05, 3.63) is 46.5 Å². The highest BCUT2D eigenvalue weighted by molar-refractivity contribution is 7.19. The van der Waals surface area contributed by atoms with Crippen LogP contribution in [0.1, 0.15) is 42.2 Å². The lowest BCUT2D eigenvalue weighted by Gasteiger charge is -2.40. The first-order chi connectivity index (χ1) is 17.3. The minimum atomic E-state index is -0.606. The Labute approximate surface area is 216 Å². The van der Waals surface area contributed by atoms with Crippen LogP contribution in [0, 0.1) is 6.92 Å². The molecule has 8 heteroatoms. The third kappa shape index (κ3) is 3.38. The summed E-state index contributed by atoms with van der Waals surface area (Å²) in [7, 11) is 3.97. The van der Waals surface area contributed by atoms with E-state index >= 15 is 0 Å². The highest BCUT2D eigenvalue weighted by Gasteiger charge is 2.58. The van der Waals surface area contributed by atoms with Crippen molar-refractivity contribution in [1.29, 1.82) is 0 Å². The van der Waals surface area contributed by atoms with Crippen LogP contribution in [0.2, 0.25) is 0 Å². The molecule has 2 saturated heterocycles. The molecule has 1 N–H and O–H groups in total. The van der Waals surface area contributed by atoms with Crippen LogP contribution in [-0.4, -0.2) is 65.5 Å². The number of urea groups is 1. The molecule has 1 aliphatic carbocycles. The average molecular weight is 504 g/mol. The highest BCUT2D eigenvalue weighted by Crippen LogP contribution is 2.45. The minimum absolute atomic E-state index is 0.0452. The van der Waals surface area contributed by atoms with E-state index in [-0.39, 0.29) is 11.9 Å². The molecular weight excluding hydrogens is 470 g/mol. The number of aromatic nitrogens is 1. The summed E-state index contributed by atoms with van der Waals surface area (Å²) in [5, 5.41) is 3.40. The van der Waals surface area contributed by atoms with Crippen LogP contribution in [0.3, 0.4) is 0 Å². The Morgan fingerprint density at radius 2 is 1.97 bits per heavy atom. The standard InChI is InChI=1S/C28H33N5O2S/c1-5-18-11-17(2)12-22(24(18)31(3)19-14-29-15-19)21-7-10-30-23-13-20(36-25(21)23)16-33-26(34)28(8-6-9-28)32(4)27(33)35/h7,10-13,19,29H,5-6,8-9,14-16H2,1-4H3. The molecule has 3 amide bonds. The first kappa shape index (κ1) is 23.4. The number of hydrogen-bond donors (Lipinski definition) is 1. The lowest BCUT2D eigenvalue weighted by atomic mass is 9.76. The fourth-order valence-electron chi connectivity index (χ4n) is 5.95. The predicted octanol–water partition coefficient (Wildman–Crippen LogP) is 4.56. The van der Waals surface area contributed by atoms with E-state index in [2.05, 4.69) is 54.3 Å². The number of aryl methyl sites for hydroxylation is 2. The van der Waals surface area contributed by atoms with Gasteiger partial charge in [-0.3, -0.25) is 14.7 Å². The monoisotopic (exact) mass is 503 g/mol. The molecular formula is C28H33N5O2S. The lowest BCUT2D eigenvalue weighted by molar-refractivity contribution is -0.137. The van der Waals surface area contributed by atoms with E-state index in [0.29, 0.717) is 12.6 Å². The first-order valence-corrected chi connectivity index (χ1v) is 13.7. The van der Waals surface area contributed by atoms with Crippen LogP contribution in [0.25, 0.3) is 21.3 Å². The molecule has 3 aromatic rings. The zero-order chi connectivity index (χ0) is 25.2. The Balaban J connectivity index is 1.41. The Kier molecular flexibility index (Phi) is 5.57. The number of rotatable bonds is 6. The van der Waals surface area contributed by atoms with Crippen molar-refractivity contribution >= 4 is 39.2 Å². The fourth-order valence-corrected chi connectivity index (χ4v) is 7.09. The number of pyridine rings is 1. The number of thiophene rings is 1. The van der Waals surface area contributed by atoms with Gasteiger partial charge in [0.25, 0.3) is 5.91 Å². The summed E-state index contributed by atoms with van der Waals surface area (Å²) in [6, 6.07) is 9.04. The summed E-state index contributed by atoms with van der Waals surface area (Å²) in [5.74, 6) is -0.0452. The van der Waals surface area contributed by atoms with Gasteiger partial charge in [-0.25, -0.2) is 4.79 Å². The molecule has 2 aromatic heterocycles. The van der Waals surface area contributed by atoms with Crippen molar-refractivity contribution in [2.45, 2.75) is 57.7 Å². The smallest absolute Gasteiger partial charge is 0.327 e. The zero-order valence-electron chi connectivity index (χ0n) is 21.4. The number of carbonyl (C=O) groups is 2. The van der Waals surface area contributed by atoms with Gasteiger partial charge in [0.2, 0.25) is 0 Å². The Morgan fingerprint density at radius 3 is 2.58 bits per heavy atom. The molecule has 2 aliphatic heterocycles. The SMILES string of the molecule is CCc1cc(C)cc(-c2ccnc3cc(CN4C(=O)N(C)C5(CCC5)C4=O)sc23)c1N(C)C1CNC1. The molecule has 36 heavy (non-hydrogen) atoms. The van der Waals surface area contributed by atoms with Crippen molar-refractivity contribution in [1.82, 2.24) is 20.1 Å². The van der Waals surface area contributed by atoms with Crippen molar-refractivity contribution in [3.8, 4) is 11.1 Å². The minimum Gasteiger partial charge on any atom is -0.368 e. The van der Waals surface area contributed by atoms with Crippen molar-refractivity contribution in [2.24, 2.45) is 0 Å². The van der Waals surface area contributed by atoms with Crippen LogP contribution in [0.5, 0.6) is 0 Å². The van der Waals surface area contributed by atoms with Gasteiger partial charge in [-0.1, -0.05) is 18.6 Å². The lowest BCUT2D eigenvalue weighted by Crippen LogP contribution is -2.56. The van der Waals surface area contributed by atoms with E-state index in [1.807, 2.05) is 12.3 Å². The molecule has 188 valence electrons. The molecule has 3 aliphatic rings. The Hall–Kier alpha value is -2.97. The van der Waals surface area contributed by atoms with Crippen molar-refractivity contribution in [3.63, 3.8) is 0 Å². The van der Waals surface area contributed by atoms with Gasteiger partial charge >= 0.3 is 6.03 Å². The number of nitrogens with one attached hydrogen (secondary N) is 1. The number of imide groups is 1. The highest BCUT2D eigenvalue weighted by atomic mass is 32.1. The quantitative estimate of drug-likeness (QED) is 0.500. The third-order valence-electron chi connectivity index (χ3n) is 8.43. The summed E-state index contributed by atoms with van der Waals surface area (Å²) in [4.78, 5) is 37.3. The Bertz CT molecular complexity index is 1370. The van der Waals surface area contributed by atoms with Gasteiger partial charge in [0.05, 0.1) is 22.8 Å². The van der Waals surface area contributed by atoms with E-state index in [1.165, 1.54) is 27.3 Å². The number of benzene rings is 1. The Morgan fingerprint density at radius 1 is 1.19 bits per heavy atom. The maximum Gasteiger partial charge on any atom is 0.327 e. The van der Waals surface area contributed by atoms with Crippen LogP contribution in [0.15, 0.2) is 30.5 Å². The molecule has 4 heterocycles. The number of carbonyl (C=O) groups excluding carboxylic acids is 2. The summed E-state index contributed by atoms with van der Waals surface area (Å²) in [5.41, 5.74) is 6.58. The number of fused-ring (bicyclic) bond motifs is 1. The predicted molar refractivity (Wildman–Crippen MR) is 145 cm³/mol. The van der Waals surface area contributed by atoms with Gasteiger partial charge in [0, 0.05) is 55.1 Å². The molecule has 1 aromatic carbocycles. The number of nitrogens with zero attached hydrogens (tertiary/aromatic N) is 4. The largest absolute Gasteiger partial charge is 0.368 e. The third-order valence-corrected chi connectivity index (χ3v) is 9.57.